The van der Waals surface area contributed by atoms with Gasteiger partial charge in [0.05, 0.1) is 19.8 Å². The van der Waals surface area contributed by atoms with Gasteiger partial charge in [-0.2, -0.15) is 0 Å². The van der Waals surface area contributed by atoms with E-state index in [2.05, 4.69) is 4.90 Å². The highest BCUT2D eigenvalue weighted by Crippen LogP contribution is 2.33. The number of carbonyl (C=O) groups excluding carboxylic acids is 1. The molecule has 1 aromatic rings. The Bertz CT molecular complexity index is 508. The topological polar surface area (TPSA) is 38.8 Å². The van der Waals surface area contributed by atoms with Crippen molar-refractivity contribution in [2.75, 3.05) is 34.4 Å². The maximum absolute atomic E-state index is 11.9. The van der Waals surface area contributed by atoms with Crippen LogP contribution < -0.4 is 4.74 Å². The summed E-state index contributed by atoms with van der Waals surface area (Å²) in [6.45, 7) is 1.54. The summed E-state index contributed by atoms with van der Waals surface area (Å²) in [6, 6.07) is 7.78. The van der Waals surface area contributed by atoms with Crippen LogP contribution in [0.25, 0.3) is 5.57 Å². The average molecular weight is 261 g/mol. The van der Waals surface area contributed by atoms with Crippen LogP contribution >= 0.6 is 0 Å². The molecule has 0 radical (unpaired) electrons. The van der Waals surface area contributed by atoms with Gasteiger partial charge in [0, 0.05) is 18.7 Å². The van der Waals surface area contributed by atoms with Gasteiger partial charge in [0.15, 0.2) is 0 Å². The van der Waals surface area contributed by atoms with E-state index in [4.69, 9.17) is 9.47 Å². The van der Waals surface area contributed by atoms with Crippen molar-refractivity contribution in [3.05, 3.63) is 35.4 Å². The number of likely N-dealkylation sites (N-methyl/N-ethyl adjacent to an activating group) is 1. The van der Waals surface area contributed by atoms with E-state index in [1.807, 2.05) is 31.3 Å². The molecule has 0 N–H and O–H groups in total. The molecule has 1 aliphatic heterocycles. The van der Waals surface area contributed by atoms with Crippen LogP contribution in [0.15, 0.2) is 29.8 Å². The number of methoxy groups -OCH3 is 2. The highest BCUT2D eigenvalue weighted by atomic mass is 16.5. The van der Waals surface area contributed by atoms with Crippen LogP contribution in [-0.4, -0.2) is 45.2 Å². The molecule has 0 saturated carbocycles. The Labute approximate surface area is 113 Å². The molecule has 0 spiro atoms. The minimum atomic E-state index is -0.257. The SMILES string of the molecule is COC(=O)C1=C(c2ccccc2OC)CCN(C)C1. The van der Waals surface area contributed by atoms with Gasteiger partial charge < -0.3 is 14.4 Å². The van der Waals surface area contributed by atoms with Crippen molar-refractivity contribution in [3.63, 3.8) is 0 Å². The van der Waals surface area contributed by atoms with Crippen molar-refractivity contribution >= 4 is 11.5 Å². The highest BCUT2D eigenvalue weighted by molar-refractivity contribution is 5.99. The number of hydrogen-bond acceptors (Lipinski definition) is 4. The maximum atomic E-state index is 11.9. The number of ether oxygens (including phenoxy) is 2. The summed E-state index contributed by atoms with van der Waals surface area (Å²) in [5, 5.41) is 0. The van der Waals surface area contributed by atoms with Crippen LogP contribution in [0.1, 0.15) is 12.0 Å². The molecule has 4 nitrogen and oxygen atoms in total. The van der Waals surface area contributed by atoms with Gasteiger partial charge >= 0.3 is 5.97 Å². The zero-order chi connectivity index (χ0) is 13.8. The number of para-hydroxylation sites is 1. The summed E-state index contributed by atoms with van der Waals surface area (Å²) in [5.74, 6) is 0.538. The van der Waals surface area contributed by atoms with E-state index in [0.29, 0.717) is 6.54 Å². The first-order chi connectivity index (χ1) is 9.17. The van der Waals surface area contributed by atoms with Crippen LogP contribution in [0, 0.1) is 0 Å². The molecule has 0 saturated heterocycles. The predicted octanol–water partition coefficient (Wildman–Crippen LogP) is 1.96. The Morgan fingerprint density at radius 3 is 2.68 bits per heavy atom. The van der Waals surface area contributed by atoms with Crippen molar-refractivity contribution in [3.8, 4) is 5.75 Å². The summed E-state index contributed by atoms with van der Waals surface area (Å²) < 4.78 is 10.3. The van der Waals surface area contributed by atoms with Gasteiger partial charge in [-0.25, -0.2) is 4.79 Å². The molecular weight excluding hydrogens is 242 g/mol. The number of carbonyl (C=O) groups is 1. The molecule has 4 heteroatoms. The van der Waals surface area contributed by atoms with Crippen molar-refractivity contribution in [1.29, 1.82) is 0 Å². The third-order valence-corrected chi connectivity index (χ3v) is 3.40. The second kappa shape index (κ2) is 5.89. The van der Waals surface area contributed by atoms with E-state index in [-0.39, 0.29) is 5.97 Å². The predicted molar refractivity (Wildman–Crippen MR) is 74.0 cm³/mol. The standard InChI is InChI=1S/C15H19NO3/c1-16-9-8-11(13(10-16)15(17)19-3)12-6-4-5-7-14(12)18-2/h4-7H,8-10H2,1-3H3. The van der Waals surface area contributed by atoms with Crippen LogP contribution in [0.3, 0.4) is 0 Å². The lowest BCUT2D eigenvalue weighted by molar-refractivity contribution is -0.136. The summed E-state index contributed by atoms with van der Waals surface area (Å²) in [7, 11) is 5.07. The lowest BCUT2D eigenvalue weighted by Crippen LogP contribution is -2.31. The first-order valence-corrected chi connectivity index (χ1v) is 6.29. The fourth-order valence-electron chi connectivity index (χ4n) is 2.40. The molecular formula is C15H19NO3. The van der Waals surface area contributed by atoms with Gasteiger partial charge in [-0.05, 0) is 25.1 Å². The maximum Gasteiger partial charge on any atom is 0.335 e. The van der Waals surface area contributed by atoms with Crippen LogP contribution in [0.4, 0.5) is 0 Å². The molecule has 0 aromatic heterocycles. The van der Waals surface area contributed by atoms with E-state index >= 15 is 0 Å². The first-order valence-electron chi connectivity index (χ1n) is 6.29. The van der Waals surface area contributed by atoms with Crippen molar-refractivity contribution < 1.29 is 14.3 Å². The highest BCUT2D eigenvalue weighted by Gasteiger charge is 2.24. The lowest BCUT2D eigenvalue weighted by Gasteiger charge is -2.27. The fraction of sp³-hybridized carbons (Fsp3) is 0.400. The van der Waals surface area contributed by atoms with E-state index in [9.17, 15) is 4.79 Å². The number of rotatable bonds is 3. The molecule has 0 fully saturated rings. The Kier molecular flexibility index (Phi) is 4.22. The summed E-state index contributed by atoms with van der Waals surface area (Å²) in [4.78, 5) is 14.1. The number of benzene rings is 1. The Morgan fingerprint density at radius 2 is 2.00 bits per heavy atom. The molecule has 0 atom stereocenters. The minimum Gasteiger partial charge on any atom is -0.496 e. The van der Waals surface area contributed by atoms with Gasteiger partial charge in [0.1, 0.15) is 5.75 Å². The Morgan fingerprint density at radius 1 is 1.26 bits per heavy atom. The number of esters is 1. The molecule has 0 amide bonds. The molecule has 1 heterocycles. The quantitative estimate of drug-likeness (QED) is 0.780. The summed E-state index contributed by atoms with van der Waals surface area (Å²) in [5.41, 5.74) is 2.74. The second-order valence-electron chi connectivity index (χ2n) is 4.64. The minimum absolute atomic E-state index is 0.257. The van der Waals surface area contributed by atoms with Crippen LogP contribution in [0.2, 0.25) is 0 Å². The Hall–Kier alpha value is -1.81. The molecule has 0 bridgehead atoms. The molecule has 1 aromatic carbocycles. The van der Waals surface area contributed by atoms with E-state index in [1.54, 1.807) is 7.11 Å². The smallest absolute Gasteiger partial charge is 0.335 e. The van der Waals surface area contributed by atoms with E-state index in [1.165, 1.54) is 7.11 Å². The van der Waals surface area contributed by atoms with E-state index < -0.39 is 0 Å². The largest absolute Gasteiger partial charge is 0.496 e. The van der Waals surface area contributed by atoms with Gasteiger partial charge in [-0.1, -0.05) is 18.2 Å². The summed E-state index contributed by atoms with van der Waals surface area (Å²) >= 11 is 0. The van der Waals surface area contributed by atoms with Crippen LogP contribution in [0.5, 0.6) is 5.75 Å². The molecule has 2 rings (SSSR count). The third kappa shape index (κ3) is 2.79. The van der Waals surface area contributed by atoms with Crippen LogP contribution in [-0.2, 0) is 9.53 Å². The normalized spacial score (nSPS) is 16.4. The number of nitrogens with zero attached hydrogens (tertiary/aromatic N) is 1. The summed E-state index contributed by atoms with van der Waals surface area (Å²) in [6.07, 6.45) is 0.821. The monoisotopic (exact) mass is 261 g/mol. The average Bonchev–Trinajstić information content (AvgIpc) is 2.46. The van der Waals surface area contributed by atoms with E-state index in [0.717, 1.165) is 35.4 Å². The van der Waals surface area contributed by atoms with Crippen molar-refractivity contribution in [1.82, 2.24) is 4.90 Å². The van der Waals surface area contributed by atoms with Gasteiger partial charge in [0.2, 0.25) is 0 Å². The van der Waals surface area contributed by atoms with Crippen molar-refractivity contribution in [2.45, 2.75) is 6.42 Å². The molecule has 0 aliphatic carbocycles. The zero-order valence-electron chi connectivity index (χ0n) is 11.6. The zero-order valence-corrected chi connectivity index (χ0v) is 11.6. The lowest BCUT2D eigenvalue weighted by atomic mass is 9.93. The Balaban J connectivity index is 2.51. The van der Waals surface area contributed by atoms with Gasteiger partial charge in [-0.15, -0.1) is 0 Å². The molecule has 102 valence electrons. The first kappa shape index (κ1) is 13.6. The molecule has 1 aliphatic rings. The third-order valence-electron chi connectivity index (χ3n) is 3.40. The van der Waals surface area contributed by atoms with Crippen molar-refractivity contribution in [2.24, 2.45) is 0 Å². The number of hydrogen-bond donors (Lipinski definition) is 0. The van der Waals surface area contributed by atoms with Gasteiger partial charge in [0.25, 0.3) is 0 Å². The fourth-order valence-corrected chi connectivity index (χ4v) is 2.40. The molecule has 19 heavy (non-hydrogen) atoms. The second-order valence-corrected chi connectivity index (χ2v) is 4.64. The van der Waals surface area contributed by atoms with Gasteiger partial charge in [-0.3, -0.25) is 0 Å². The molecule has 0 unspecified atom stereocenters.